The predicted molar refractivity (Wildman–Crippen MR) is 65.7 cm³/mol. The maximum Gasteiger partial charge on any atom is 0.106 e. The van der Waals surface area contributed by atoms with Gasteiger partial charge in [-0.15, -0.1) is 11.3 Å². The van der Waals surface area contributed by atoms with Crippen molar-refractivity contribution in [2.75, 3.05) is 33.5 Å². The molecule has 1 rings (SSSR count). The molecule has 0 bridgehead atoms. The molecule has 0 saturated heterocycles. The SMILES string of the molecule is COCCOCCCCNCc1nccs1. The minimum Gasteiger partial charge on any atom is -0.382 e. The van der Waals surface area contributed by atoms with E-state index in [2.05, 4.69) is 10.3 Å². The molecule has 0 saturated carbocycles. The standard InChI is InChI=1S/C11H20N2O2S/c1-14-7-8-15-6-3-2-4-12-10-11-13-5-9-16-11/h5,9,12H,2-4,6-8,10H2,1H3. The van der Waals surface area contributed by atoms with Crippen LogP contribution in [0.25, 0.3) is 0 Å². The minimum absolute atomic E-state index is 0.683. The van der Waals surface area contributed by atoms with Crippen molar-refractivity contribution >= 4 is 11.3 Å². The molecule has 0 atom stereocenters. The van der Waals surface area contributed by atoms with E-state index >= 15 is 0 Å². The summed E-state index contributed by atoms with van der Waals surface area (Å²) in [4.78, 5) is 4.20. The second-order valence-corrected chi connectivity index (χ2v) is 4.39. The Morgan fingerprint density at radius 1 is 1.31 bits per heavy atom. The van der Waals surface area contributed by atoms with Crippen LogP contribution >= 0.6 is 11.3 Å². The second-order valence-electron chi connectivity index (χ2n) is 3.41. The van der Waals surface area contributed by atoms with E-state index < -0.39 is 0 Å². The van der Waals surface area contributed by atoms with E-state index in [1.807, 2.05) is 11.6 Å². The molecule has 4 nitrogen and oxygen atoms in total. The van der Waals surface area contributed by atoms with Crippen LogP contribution in [0.2, 0.25) is 0 Å². The van der Waals surface area contributed by atoms with E-state index in [1.54, 1.807) is 18.4 Å². The lowest BCUT2D eigenvalue weighted by Gasteiger charge is -2.04. The highest BCUT2D eigenvalue weighted by molar-refractivity contribution is 7.09. The van der Waals surface area contributed by atoms with Crippen molar-refractivity contribution in [3.63, 3.8) is 0 Å². The fourth-order valence-electron chi connectivity index (χ4n) is 1.23. The number of rotatable bonds is 10. The molecular weight excluding hydrogens is 224 g/mol. The van der Waals surface area contributed by atoms with Gasteiger partial charge in [0.2, 0.25) is 0 Å². The zero-order valence-electron chi connectivity index (χ0n) is 9.78. The van der Waals surface area contributed by atoms with Crippen LogP contribution in [0.5, 0.6) is 0 Å². The van der Waals surface area contributed by atoms with Gasteiger partial charge in [-0.25, -0.2) is 4.98 Å². The van der Waals surface area contributed by atoms with Gasteiger partial charge in [0.05, 0.1) is 13.2 Å². The third-order valence-electron chi connectivity index (χ3n) is 2.08. The quantitative estimate of drug-likeness (QED) is 0.636. The highest BCUT2D eigenvalue weighted by Crippen LogP contribution is 2.02. The Morgan fingerprint density at radius 2 is 2.25 bits per heavy atom. The first-order valence-corrected chi connectivity index (χ1v) is 6.47. The van der Waals surface area contributed by atoms with Crippen LogP contribution in [-0.4, -0.2) is 38.5 Å². The minimum atomic E-state index is 0.683. The van der Waals surface area contributed by atoms with Crippen LogP contribution < -0.4 is 5.32 Å². The summed E-state index contributed by atoms with van der Waals surface area (Å²) in [7, 11) is 1.69. The lowest BCUT2D eigenvalue weighted by atomic mass is 10.3. The van der Waals surface area contributed by atoms with Crippen LogP contribution in [-0.2, 0) is 16.0 Å². The molecule has 0 aliphatic carbocycles. The average molecular weight is 244 g/mol. The summed E-state index contributed by atoms with van der Waals surface area (Å²) in [5, 5.41) is 6.51. The number of thiazole rings is 1. The molecule has 1 heterocycles. The molecular formula is C11H20N2O2S. The third kappa shape index (κ3) is 6.90. The van der Waals surface area contributed by atoms with E-state index in [0.29, 0.717) is 13.2 Å². The summed E-state index contributed by atoms with van der Waals surface area (Å²) in [6.07, 6.45) is 4.07. The van der Waals surface area contributed by atoms with E-state index in [0.717, 1.165) is 37.5 Å². The summed E-state index contributed by atoms with van der Waals surface area (Å²) in [5.41, 5.74) is 0. The summed E-state index contributed by atoms with van der Waals surface area (Å²) in [6, 6.07) is 0. The van der Waals surface area contributed by atoms with E-state index in [9.17, 15) is 0 Å². The zero-order chi connectivity index (χ0) is 11.5. The van der Waals surface area contributed by atoms with Crippen LogP contribution in [0.1, 0.15) is 17.8 Å². The molecule has 0 aliphatic heterocycles. The summed E-state index contributed by atoms with van der Waals surface area (Å²) in [6.45, 7) is 4.10. The summed E-state index contributed by atoms with van der Waals surface area (Å²) in [5.74, 6) is 0. The molecule has 92 valence electrons. The third-order valence-corrected chi connectivity index (χ3v) is 2.86. The van der Waals surface area contributed by atoms with Gasteiger partial charge < -0.3 is 14.8 Å². The Kier molecular flexibility index (Phi) is 8.24. The largest absolute Gasteiger partial charge is 0.382 e. The number of unbranched alkanes of at least 4 members (excludes halogenated alkanes) is 1. The Morgan fingerprint density at radius 3 is 3.00 bits per heavy atom. The van der Waals surface area contributed by atoms with Crippen molar-refractivity contribution in [2.45, 2.75) is 19.4 Å². The van der Waals surface area contributed by atoms with Crippen LogP contribution in [0.4, 0.5) is 0 Å². The first kappa shape index (κ1) is 13.6. The molecule has 0 amide bonds. The summed E-state index contributed by atoms with van der Waals surface area (Å²) < 4.78 is 10.2. The molecule has 0 fully saturated rings. The molecule has 5 heteroatoms. The van der Waals surface area contributed by atoms with Crippen LogP contribution in [0.3, 0.4) is 0 Å². The zero-order valence-corrected chi connectivity index (χ0v) is 10.6. The van der Waals surface area contributed by atoms with Gasteiger partial charge in [0.15, 0.2) is 0 Å². The van der Waals surface area contributed by atoms with Gasteiger partial charge in [0.25, 0.3) is 0 Å². The van der Waals surface area contributed by atoms with Gasteiger partial charge in [0.1, 0.15) is 5.01 Å². The van der Waals surface area contributed by atoms with Crippen molar-refractivity contribution < 1.29 is 9.47 Å². The monoisotopic (exact) mass is 244 g/mol. The number of ether oxygens (including phenoxy) is 2. The van der Waals surface area contributed by atoms with E-state index in [-0.39, 0.29) is 0 Å². The molecule has 1 N–H and O–H groups in total. The molecule has 1 aromatic heterocycles. The Balaban J connectivity index is 1.78. The van der Waals surface area contributed by atoms with Crippen molar-refractivity contribution in [2.24, 2.45) is 0 Å². The first-order valence-electron chi connectivity index (χ1n) is 5.59. The molecule has 0 aromatic carbocycles. The van der Waals surface area contributed by atoms with Gasteiger partial charge in [-0.3, -0.25) is 0 Å². The number of nitrogens with zero attached hydrogens (tertiary/aromatic N) is 1. The second kappa shape index (κ2) is 9.72. The highest BCUT2D eigenvalue weighted by atomic mass is 32.1. The van der Waals surface area contributed by atoms with Crippen LogP contribution in [0.15, 0.2) is 11.6 Å². The van der Waals surface area contributed by atoms with Crippen molar-refractivity contribution in [1.29, 1.82) is 0 Å². The van der Waals surface area contributed by atoms with Crippen LogP contribution in [0, 0.1) is 0 Å². The van der Waals surface area contributed by atoms with Gasteiger partial charge >= 0.3 is 0 Å². The van der Waals surface area contributed by atoms with Gasteiger partial charge in [0, 0.05) is 31.8 Å². The predicted octanol–water partition coefficient (Wildman–Crippen LogP) is 1.68. The molecule has 0 radical (unpaired) electrons. The number of hydrogen-bond donors (Lipinski definition) is 1. The maximum atomic E-state index is 5.36. The van der Waals surface area contributed by atoms with Gasteiger partial charge in [-0.1, -0.05) is 0 Å². The molecule has 0 unspecified atom stereocenters. The van der Waals surface area contributed by atoms with Gasteiger partial charge in [-0.05, 0) is 19.4 Å². The van der Waals surface area contributed by atoms with E-state index in [1.165, 1.54) is 0 Å². The number of aromatic nitrogens is 1. The Bertz CT molecular complexity index is 242. The average Bonchev–Trinajstić information content (AvgIpc) is 2.80. The lowest BCUT2D eigenvalue weighted by molar-refractivity contribution is 0.0688. The normalized spacial score (nSPS) is 10.8. The van der Waals surface area contributed by atoms with Crippen molar-refractivity contribution in [3.8, 4) is 0 Å². The first-order chi connectivity index (χ1) is 7.93. The van der Waals surface area contributed by atoms with Gasteiger partial charge in [-0.2, -0.15) is 0 Å². The Labute approximate surface area is 101 Å². The van der Waals surface area contributed by atoms with Crippen molar-refractivity contribution in [3.05, 3.63) is 16.6 Å². The Hall–Kier alpha value is -0.490. The smallest absolute Gasteiger partial charge is 0.106 e. The fraction of sp³-hybridized carbons (Fsp3) is 0.727. The summed E-state index contributed by atoms with van der Waals surface area (Å²) >= 11 is 1.69. The number of hydrogen-bond acceptors (Lipinski definition) is 5. The number of methoxy groups -OCH3 is 1. The topological polar surface area (TPSA) is 43.4 Å². The highest BCUT2D eigenvalue weighted by Gasteiger charge is 1.94. The molecule has 0 spiro atoms. The molecule has 1 aromatic rings. The number of nitrogens with one attached hydrogen (secondary N) is 1. The maximum absolute atomic E-state index is 5.36. The lowest BCUT2D eigenvalue weighted by Crippen LogP contribution is -2.15. The molecule has 0 aliphatic rings. The fourth-order valence-corrected chi connectivity index (χ4v) is 1.82. The molecule has 16 heavy (non-hydrogen) atoms. The van der Waals surface area contributed by atoms with Crippen molar-refractivity contribution in [1.82, 2.24) is 10.3 Å². The van der Waals surface area contributed by atoms with E-state index in [4.69, 9.17) is 9.47 Å².